The number of benzene rings is 3. The largest absolute Gasteiger partial charge is 0.443 e. The molecule has 4 N–H and O–H groups in total. The van der Waals surface area contributed by atoms with Gasteiger partial charge in [-0.3, -0.25) is 5.43 Å². The van der Waals surface area contributed by atoms with Gasteiger partial charge in [-0.25, -0.2) is 10.2 Å². The summed E-state index contributed by atoms with van der Waals surface area (Å²) in [4.78, 5) is 12.0. The number of rotatable bonds is 3. The van der Waals surface area contributed by atoms with Crippen LogP contribution >= 0.6 is 0 Å². The van der Waals surface area contributed by atoms with Crippen LogP contribution in [0.3, 0.4) is 0 Å². The van der Waals surface area contributed by atoms with Crippen molar-refractivity contribution in [1.29, 1.82) is 0 Å². The first-order valence-corrected chi connectivity index (χ1v) is 9.29. The third kappa shape index (κ3) is 3.69. The van der Waals surface area contributed by atoms with Gasteiger partial charge in [0.15, 0.2) is 0 Å². The number of ether oxygens (including phenoxy) is 1. The zero-order valence-electron chi connectivity index (χ0n) is 16.2. The van der Waals surface area contributed by atoms with E-state index < -0.39 is 11.7 Å². The van der Waals surface area contributed by atoms with Gasteiger partial charge in [0.2, 0.25) is 0 Å². The van der Waals surface area contributed by atoms with Crippen LogP contribution in [0.4, 0.5) is 21.9 Å². The lowest BCUT2D eigenvalue weighted by Crippen LogP contribution is -2.49. The first-order chi connectivity index (χ1) is 13.4. The number of para-hydroxylation sites is 1. The molecule has 0 aromatic heterocycles. The van der Waals surface area contributed by atoms with E-state index in [4.69, 9.17) is 4.74 Å². The zero-order valence-corrected chi connectivity index (χ0v) is 16.2. The van der Waals surface area contributed by atoms with E-state index in [0.717, 1.165) is 22.5 Å². The van der Waals surface area contributed by atoms with Crippen molar-refractivity contribution in [3.8, 4) is 0 Å². The predicted molar refractivity (Wildman–Crippen MR) is 116 cm³/mol. The molecule has 142 valence electrons. The Kier molecular flexibility index (Phi) is 4.51. The zero-order chi connectivity index (χ0) is 19.7. The Bertz CT molecular complexity index is 992. The Morgan fingerprint density at radius 1 is 0.929 bits per heavy atom. The molecule has 6 nitrogen and oxygen atoms in total. The number of amides is 1. The fourth-order valence-corrected chi connectivity index (χ4v) is 3.37. The maximum atomic E-state index is 12.0. The highest BCUT2D eigenvalue weighted by atomic mass is 16.6. The molecular formula is C21H23BN4O2. The fraction of sp³-hybridized carbons (Fsp3) is 0.190. The van der Waals surface area contributed by atoms with Gasteiger partial charge in [0.1, 0.15) is 5.60 Å². The minimum atomic E-state index is -0.555. The molecule has 0 unspecified atom stereocenters. The number of nitrogens with one attached hydrogen (secondary N) is 4. The number of carbonyl (C=O) groups is 1. The number of carbonyl (C=O) groups excluding carboxylic acids is 1. The molecule has 3 aromatic carbocycles. The second-order valence-electron chi connectivity index (χ2n) is 7.77. The van der Waals surface area contributed by atoms with E-state index in [1.807, 2.05) is 57.2 Å². The third-order valence-corrected chi connectivity index (χ3v) is 4.47. The summed E-state index contributed by atoms with van der Waals surface area (Å²) in [6, 6.07) is 20.3. The molecule has 3 aromatic rings. The summed E-state index contributed by atoms with van der Waals surface area (Å²) in [6.07, 6.45) is -0.526. The average molecular weight is 374 g/mol. The molecule has 0 bridgehead atoms. The second kappa shape index (κ2) is 7.00. The highest BCUT2D eigenvalue weighted by Gasteiger charge is 2.27. The Morgan fingerprint density at radius 3 is 2.21 bits per heavy atom. The molecule has 28 heavy (non-hydrogen) atoms. The fourth-order valence-electron chi connectivity index (χ4n) is 3.37. The molecule has 1 heterocycles. The molecule has 0 saturated heterocycles. The standard InChI is InChI=1S/C21H23BN4O2/c1-21(2,3)28-20(27)26-25-16-11-5-4-10-15(16)22-23-17-12-6-8-14-9-7-13-18(24-22)19(14)17/h4-13,23-25H,1-3H3,(H,26,27). The molecule has 1 aliphatic rings. The van der Waals surface area contributed by atoms with Gasteiger partial charge in [0, 0.05) is 16.8 Å². The van der Waals surface area contributed by atoms with Crippen LogP contribution in [0.25, 0.3) is 10.8 Å². The van der Waals surface area contributed by atoms with Crippen LogP contribution in [0.2, 0.25) is 0 Å². The van der Waals surface area contributed by atoms with Crippen LogP contribution in [-0.2, 0) is 4.74 Å². The molecule has 1 aliphatic heterocycles. The lowest BCUT2D eigenvalue weighted by molar-refractivity contribution is 0.0541. The number of anilines is 3. The molecule has 0 radical (unpaired) electrons. The highest BCUT2D eigenvalue weighted by molar-refractivity contribution is 6.81. The van der Waals surface area contributed by atoms with Crippen molar-refractivity contribution < 1.29 is 9.53 Å². The van der Waals surface area contributed by atoms with Crippen molar-refractivity contribution in [2.45, 2.75) is 26.4 Å². The molecule has 0 fully saturated rings. The molecule has 7 heteroatoms. The lowest BCUT2D eigenvalue weighted by Gasteiger charge is -2.28. The van der Waals surface area contributed by atoms with Gasteiger partial charge in [0.25, 0.3) is 0 Å². The summed E-state index contributed by atoms with van der Waals surface area (Å²) in [7, 11) is 0. The smallest absolute Gasteiger partial charge is 0.426 e. The van der Waals surface area contributed by atoms with Gasteiger partial charge in [-0.05, 0) is 49.8 Å². The van der Waals surface area contributed by atoms with Gasteiger partial charge in [-0.2, -0.15) is 0 Å². The Morgan fingerprint density at radius 2 is 1.57 bits per heavy atom. The molecular weight excluding hydrogens is 351 g/mol. The van der Waals surface area contributed by atoms with Crippen molar-refractivity contribution in [2.24, 2.45) is 0 Å². The maximum Gasteiger partial charge on any atom is 0.426 e. The van der Waals surface area contributed by atoms with E-state index >= 15 is 0 Å². The normalized spacial score (nSPS) is 12.8. The molecule has 1 amide bonds. The molecule has 0 saturated carbocycles. The van der Waals surface area contributed by atoms with Crippen LogP contribution in [0.1, 0.15) is 20.8 Å². The Labute approximate surface area is 164 Å². The van der Waals surface area contributed by atoms with Gasteiger partial charge < -0.3 is 15.2 Å². The van der Waals surface area contributed by atoms with Crippen LogP contribution < -0.4 is 26.8 Å². The summed E-state index contributed by atoms with van der Waals surface area (Å²) in [5.74, 6) is 0. The summed E-state index contributed by atoms with van der Waals surface area (Å²) in [5, 5.41) is 9.46. The first kappa shape index (κ1) is 18.0. The van der Waals surface area contributed by atoms with E-state index in [9.17, 15) is 4.79 Å². The Hall–Kier alpha value is -3.35. The summed E-state index contributed by atoms with van der Waals surface area (Å²) in [5.41, 5.74) is 8.94. The number of hydrazine groups is 1. The third-order valence-electron chi connectivity index (χ3n) is 4.47. The van der Waals surface area contributed by atoms with Crippen molar-refractivity contribution in [3.05, 3.63) is 60.7 Å². The molecule has 0 atom stereocenters. The van der Waals surface area contributed by atoms with Crippen molar-refractivity contribution >= 4 is 46.4 Å². The Balaban J connectivity index is 1.57. The average Bonchev–Trinajstić information content (AvgIpc) is 2.66. The first-order valence-electron chi connectivity index (χ1n) is 9.29. The van der Waals surface area contributed by atoms with Gasteiger partial charge in [-0.15, -0.1) is 0 Å². The lowest BCUT2D eigenvalue weighted by atomic mass is 9.65. The molecule has 4 rings (SSSR count). The number of hydrogen-bond donors (Lipinski definition) is 4. The topological polar surface area (TPSA) is 74.4 Å². The molecule has 0 aliphatic carbocycles. The van der Waals surface area contributed by atoms with E-state index in [-0.39, 0.29) is 6.98 Å². The van der Waals surface area contributed by atoms with E-state index in [2.05, 4.69) is 45.6 Å². The van der Waals surface area contributed by atoms with E-state index in [1.54, 1.807) is 0 Å². The van der Waals surface area contributed by atoms with Crippen molar-refractivity contribution in [2.75, 3.05) is 15.9 Å². The quantitative estimate of drug-likeness (QED) is 0.413. The van der Waals surface area contributed by atoms with Crippen LogP contribution in [0.5, 0.6) is 0 Å². The maximum absolute atomic E-state index is 12.0. The van der Waals surface area contributed by atoms with E-state index in [1.165, 1.54) is 10.8 Å². The minimum absolute atomic E-state index is 0.148. The van der Waals surface area contributed by atoms with Gasteiger partial charge in [0.05, 0.1) is 5.69 Å². The summed E-state index contributed by atoms with van der Waals surface area (Å²) < 4.78 is 5.29. The van der Waals surface area contributed by atoms with Crippen molar-refractivity contribution in [3.63, 3.8) is 0 Å². The summed E-state index contributed by atoms with van der Waals surface area (Å²) in [6.45, 7) is 5.33. The SMILES string of the molecule is CC(C)(C)OC(=O)NNc1ccccc1B1Nc2cccc3cccc(c23)N1. The van der Waals surface area contributed by atoms with E-state index in [0.29, 0.717) is 0 Å². The van der Waals surface area contributed by atoms with Crippen molar-refractivity contribution in [1.82, 2.24) is 5.43 Å². The predicted octanol–water partition coefficient (Wildman–Crippen LogP) is 3.92. The van der Waals surface area contributed by atoms with Crippen LogP contribution in [0, 0.1) is 0 Å². The number of hydrogen-bond acceptors (Lipinski definition) is 5. The summed E-state index contributed by atoms with van der Waals surface area (Å²) >= 11 is 0. The highest BCUT2D eigenvalue weighted by Crippen LogP contribution is 2.34. The van der Waals surface area contributed by atoms with Gasteiger partial charge >= 0.3 is 13.1 Å². The molecule has 0 spiro atoms. The second-order valence-corrected chi connectivity index (χ2v) is 7.77. The van der Waals surface area contributed by atoms with Gasteiger partial charge in [-0.1, -0.05) is 42.5 Å². The monoisotopic (exact) mass is 374 g/mol. The van der Waals surface area contributed by atoms with Crippen LogP contribution in [-0.4, -0.2) is 18.7 Å². The minimum Gasteiger partial charge on any atom is -0.443 e. The van der Waals surface area contributed by atoms with Crippen LogP contribution in [0.15, 0.2) is 60.7 Å².